The second-order valence-corrected chi connectivity index (χ2v) is 4.72. The van der Waals surface area contributed by atoms with Crippen molar-refractivity contribution in [3.8, 4) is 0 Å². The quantitative estimate of drug-likeness (QED) is 0.680. The summed E-state index contributed by atoms with van der Waals surface area (Å²) in [6, 6.07) is 2.57. The Balaban J connectivity index is 2.27. The fourth-order valence-electron chi connectivity index (χ4n) is 2.27. The summed E-state index contributed by atoms with van der Waals surface area (Å²) >= 11 is 5.86. The van der Waals surface area contributed by atoms with E-state index in [0.717, 1.165) is 6.54 Å². The molecule has 1 aromatic rings. The third kappa shape index (κ3) is 2.25. The normalized spacial score (nSPS) is 21.8. The zero-order valence-electron chi connectivity index (χ0n) is 9.33. The Morgan fingerprint density at radius 3 is 2.93 bits per heavy atom. The minimum atomic E-state index is 0.584. The van der Waals surface area contributed by atoms with Gasteiger partial charge in [-0.3, -0.25) is 0 Å². The van der Waals surface area contributed by atoms with E-state index in [1.165, 1.54) is 30.5 Å². The predicted octanol–water partition coefficient (Wildman–Crippen LogP) is 3.42. The van der Waals surface area contributed by atoms with Crippen LogP contribution in [0.1, 0.15) is 31.7 Å². The van der Waals surface area contributed by atoms with Gasteiger partial charge >= 0.3 is 0 Å². The van der Waals surface area contributed by atoms with Crippen molar-refractivity contribution < 1.29 is 0 Å². The van der Waals surface area contributed by atoms with Gasteiger partial charge in [-0.25, -0.2) is 4.98 Å². The van der Waals surface area contributed by atoms with E-state index < -0.39 is 0 Å². The van der Waals surface area contributed by atoms with Crippen LogP contribution in [0.4, 0.5) is 5.69 Å². The Kier molecular flexibility index (Phi) is 3.15. The molecular formula is C12H17ClN2. The van der Waals surface area contributed by atoms with Crippen LogP contribution in [-0.4, -0.2) is 17.6 Å². The Morgan fingerprint density at radius 1 is 1.47 bits per heavy atom. The standard InChI is InChI=1S/C12H17ClN2/c1-9-7-12(13)14-8-11(9)15-6-4-3-5-10(15)2/h7-8,10H,3-6H2,1-2H3. The number of rotatable bonds is 1. The minimum absolute atomic E-state index is 0.584. The number of aromatic nitrogens is 1. The summed E-state index contributed by atoms with van der Waals surface area (Å²) in [5.41, 5.74) is 2.47. The van der Waals surface area contributed by atoms with E-state index >= 15 is 0 Å². The van der Waals surface area contributed by atoms with E-state index in [-0.39, 0.29) is 0 Å². The van der Waals surface area contributed by atoms with E-state index in [9.17, 15) is 0 Å². The SMILES string of the molecule is Cc1cc(Cl)ncc1N1CCCCC1C. The number of anilines is 1. The summed E-state index contributed by atoms with van der Waals surface area (Å²) in [7, 11) is 0. The lowest BCUT2D eigenvalue weighted by Crippen LogP contribution is -2.37. The molecule has 2 heterocycles. The zero-order valence-corrected chi connectivity index (χ0v) is 10.1. The van der Waals surface area contributed by atoms with Crippen molar-refractivity contribution in [2.24, 2.45) is 0 Å². The third-order valence-electron chi connectivity index (χ3n) is 3.16. The van der Waals surface area contributed by atoms with Gasteiger partial charge in [0.1, 0.15) is 5.15 Å². The molecule has 2 nitrogen and oxygen atoms in total. The lowest BCUT2D eigenvalue weighted by atomic mass is 10.0. The van der Waals surface area contributed by atoms with E-state index in [2.05, 4.69) is 23.7 Å². The van der Waals surface area contributed by atoms with Crippen molar-refractivity contribution in [3.05, 3.63) is 23.0 Å². The molecule has 1 aliphatic rings. The van der Waals surface area contributed by atoms with Gasteiger partial charge in [-0.1, -0.05) is 11.6 Å². The molecule has 0 aromatic carbocycles. The van der Waals surface area contributed by atoms with Crippen molar-refractivity contribution in [3.63, 3.8) is 0 Å². The van der Waals surface area contributed by atoms with Gasteiger partial charge < -0.3 is 4.90 Å². The van der Waals surface area contributed by atoms with Crippen LogP contribution in [0.15, 0.2) is 12.3 Å². The highest BCUT2D eigenvalue weighted by molar-refractivity contribution is 6.29. The average molecular weight is 225 g/mol. The summed E-state index contributed by atoms with van der Waals surface area (Å²) in [6.45, 7) is 5.53. The first-order valence-corrected chi connectivity index (χ1v) is 5.95. The Bertz CT molecular complexity index is 351. The molecule has 0 N–H and O–H groups in total. The lowest BCUT2D eigenvalue weighted by molar-refractivity contribution is 0.484. The average Bonchev–Trinajstić information content (AvgIpc) is 2.20. The molecule has 15 heavy (non-hydrogen) atoms. The van der Waals surface area contributed by atoms with Crippen LogP contribution in [-0.2, 0) is 0 Å². The van der Waals surface area contributed by atoms with Crippen LogP contribution >= 0.6 is 11.6 Å². The van der Waals surface area contributed by atoms with Crippen molar-refractivity contribution in [1.82, 2.24) is 4.98 Å². The summed E-state index contributed by atoms with van der Waals surface area (Å²) < 4.78 is 0. The molecule has 1 aromatic heterocycles. The molecular weight excluding hydrogens is 208 g/mol. The number of pyridine rings is 1. The molecule has 0 bridgehead atoms. The highest BCUT2D eigenvalue weighted by Crippen LogP contribution is 2.27. The van der Waals surface area contributed by atoms with Crippen molar-refractivity contribution in [1.29, 1.82) is 0 Å². The molecule has 0 aliphatic carbocycles. The molecule has 1 fully saturated rings. The number of piperidine rings is 1. The fraction of sp³-hybridized carbons (Fsp3) is 0.583. The van der Waals surface area contributed by atoms with E-state index in [1.807, 2.05) is 12.3 Å². The van der Waals surface area contributed by atoms with Crippen LogP contribution < -0.4 is 4.90 Å². The first-order chi connectivity index (χ1) is 7.18. The van der Waals surface area contributed by atoms with Crippen LogP contribution in [0.5, 0.6) is 0 Å². The maximum absolute atomic E-state index is 5.86. The van der Waals surface area contributed by atoms with Gasteiger partial charge in [-0.2, -0.15) is 0 Å². The Hall–Kier alpha value is -0.760. The van der Waals surface area contributed by atoms with E-state index in [0.29, 0.717) is 11.2 Å². The minimum Gasteiger partial charge on any atom is -0.367 e. The second kappa shape index (κ2) is 4.40. The van der Waals surface area contributed by atoms with E-state index in [1.54, 1.807) is 0 Å². The molecule has 1 aliphatic heterocycles. The van der Waals surface area contributed by atoms with Crippen molar-refractivity contribution in [2.75, 3.05) is 11.4 Å². The highest BCUT2D eigenvalue weighted by atomic mass is 35.5. The monoisotopic (exact) mass is 224 g/mol. The largest absolute Gasteiger partial charge is 0.367 e. The molecule has 0 radical (unpaired) electrons. The summed E-state index contributed by atoms with van der Waals surface area (Å²) in [5, 5.41) is 0.584. The maximum atomic E-state index is 5.86. The first kappa shape index (κ1) is 10.7. The Morgan fingerprint density at radius 2 is 2.27 bits per heavy atom. The molecule has 0 spiro atoms. The molecule has 1 unspecified atom stereocenters. The number of aryl methyl sites for hydroxylation is 1. The predicted molar refractivity (Wildman–Crippen MR) is 64.6 cm³/mol. The van der Waals surface area contributed by atoms with Gasteiger partial charge in [0, 0.05) is 12.6 Å². The second-order valence-electron chi connectivity index (χ2n) is 4.33. The van der Waals surface area contributed by atoms with Gasteiger partial charge in [0.2, 0.25) is 0 Å². The van der Waals surface area contributed by atoms with Crippen LogP contribution in [0.3, 0.4) is 0 Å². The molecule has 1 atom stereocenters. The van der Waals surface area contributed by atoms with E-state index in [4.69, 9.17) is 11.6 Å². The van der Waals surface area contributed by atoms with Crippen LogP contribution in [0.2, 0.25) is 5.15 Å². The van der Waals surface area contributed by atoms with Gasteiger partial charge in [0.25, 0.3) is 0 Å². The number of hydrogen-bond donors (Lipinski definition) is 0. The van der Waals surface area contributed by atoms with Crippen LogP contribution in [0.25, 0.3) is 0 Å². The van der Waals surface area contributed by atoms with Gasteiger partial charge in [-0.15, -0.1) is 0 Å². The molecule has 3 heteroatoms. The smallest absolute Gasteiger partial charge is 0.129 e. The number of halogens is 1. The van der Waals surface area contributed by atoms with Gasteiger partial charge in [0.05, 0.1) is 11.9 Å². The summed E-state index contributed by atoms with van der Waals surface area (Å²) in [6.07, 6.45) is 5.81. The number of nitrogens with zero attached hydrogens (tertiary/aromatic N) is 2. The molecule has 0 amide bonds. The third-order valence-corrected chi connectivity index (χ3v) is 3.37. The number of hydrogen-bond acceptors (Lipinski definition) is 2. The highest BCUT2D eigenvalue weighted by Gasteiger charge is 2.20. The molecule has 1 saturated heterocycles. The fourth-order valence-corrected chi connectivity index (χ4v) is 2.48. The van der Waals surface area contributed by atoms with Crippen LogP contribution in [0, 0.1) is 6.92 Å². The van der Waals surface area contributed by atoms with Gasteiger partial charge in [0.15, 0.2) is 0 Å². The first-order valence-electron chi connectivity index (χ1n) is 5.57. The van der Waals surface area contributed by atoms with Crippen molar-refractivity contribution >= 4 is 17.3 Å². The maximum Gasteiger partial charge on any atom is 0.129 e. The lowest BCUT2D eigenvalue weighted by Gasteiger charge is -2.36. The molecule has 82 valence electrons. The molecule has 0 saturated carbocycles. The molecule has 2 rings (SSSR count). The Labute approximate surface area is 96.3 Å². The zero-order chi connectivity index (χ0) is 10.8. The van der Waals surface area contributed by atoms with Gasteiger partial charge in [-0.05, 0) is 44.7 Å². The van der Waals surface area contributed by atoms with Crippen molar-refractivity contribution in [2.45, 2.75) is 39.2 Å². The summed E-state index contributed by atoms with van der Waals surface area (Å²) in [5.74, 6) is 0. The summed E-state index contributed by atoms with van der Waals surface area (Å²) in [4.78, 5) is 6.62. The topological polar surface area (TPSA) is 16.1 Å².